The molecule has 0 atom stereocenters. The Morgan fingerprint density at radius 3 is 2.46 bits per heavy atom. The van der Waals surface area contributed by atoms with Crippen LogP contribution in [0.15, 0.2) is 15.8 Å². The van der Waals surface area contributed by atoms with E-state index in [-0.39, 0.29) is 4.73 Å². The Hall–Kier alpha value is -2.05. The Morgan fingerprint density at radius 1 is 1.46 bits per heavy atom. The monoisotopic (exact) mass is 186 g/mol. The first kappa shape index (κ1) is 9.04. The van der Waals surface area contributed by atoms with Crippen molar-refractivity contribution >= 4 is 5.97 Å². The van der Waals surface area contributed by atoms with Crippen molar-refractivity contribution in [2.45, 2.75) is 0 Å². The number of carboxylic acids is 1. The lowest BCUT2D eigenvalue weighted by atomic mass is 10.3. The summed E-state index contributed by atoms with van der Waals surface area (Å²) < 4.78 is 0.550. The van der Waals surface area contributed by atoms with Crippen LogP contribution in [0.5, 0.6) is 0 Å². The lowest BCUT2D eigenvalue weighted by Gasteiger charge is -2.00. The smallest absolute Gasteiger partial charge is 0.364 e. The van der Waals surface area contributed by atoms with Crippen molar-refractivity contribution in [2.24, 2.45) is 7.05 Å². The first-order valence-corrected chi connectivity index (χ1v) is 3.20. The summed E-state index contributed by atoms with van der Waals surface area (Å²) in [5, 5.41) is 17.3. The molecule has 1 aromatic rings. The highest BCUT2D eigenvalue weighted by atomic mass is 16.5. The minimum Gasteiger partial charge on any atom is -0.477 e. The molecule has 0 unspecified atom stereocenters. The van der Waals surface area contributed by atoms with Crippen LogP contribution in [0.2, 0.25) is 0 Å². The number of carbonyl (C=O) groups is 1. The third kappa shape index (κ3) is 1.31. The van der Waals surface area contributed by atoms with E-state index in [0.717, 1.165) is 10.8 Å². The fourth-order valence-corrected chi connectivity index (χ4v) is 0.801. The molecular weight excluding hydrogens is 180 g/mol. The molecule has 0 amide bonds. The van der Waals surface area contributed by atoms with Crippen LogP contribution in [-0.4, -0.2) is 25.6 Å². The van der Waals surface area contributed by atoms with Gasteiger partial charge in [-0.05, 0) is 0 Å². The van der Waals surface area contributed by atoms with E-state index in [1.54, 1.807) is 0 Å². The fourth-order valence-electron chi connectivity index (χ4n) is 0.801. The molecular formula is C6H6N2O5. The fraction of sp³-hybridized carbons (Fsp3) is 0.167. The Morgan fingerprint density at radius 2 is 2.00 bits per heavy atom. The molecule has 0 aliphatic heterocycles. The van der Waals surface area contributed by atoms with Crippen LogP contribution in [0.25, 0.3) is 0 Å². The summed E-state index contributed by atoms with van der Waals surface area (Å²) in [5.74, 6) is -1.50. The van der Waals surface area contributed by atoms with Crippen LogP contribution in [0, 0.1) is 0 Å². The molecule has 1 heterocycles. The average molecular weight is 186 g/mol. The van der Waals surface area contributed by atoms with E-state index >= 15 is 0 Å². The Bertz CT molecular complexity index is 469. The second-order valence-electron chi connectivity index (χ2n) is 2.36. The quantitative estimate of drug-likeness (QED) is 0.519. The molecule has 0 aromatic carbocycles. The molecule has 1 aromatic heterocycles. The van der Waals surface area contributed by atoms with Gasteiger partial charge in [-0.15, -0.1) is 0 Å². The van der Waals surface area contributed by atoms with Crippen molar-refractivity contribution in [3.05, 3.63) is 32.6 Å². The van der Waals surface area contributed by atoms with E-state index in [1.807, 2.05) is 0 Å². The molecule has 7 nitrogen and oxygen atoms in total. The molecule has 13 heavy (non-hydrogen) atoms. The van der Waals surface area contributed by atoms with Gasteiger partial charge in [-0.2, -0.15) is 0 Å². The predicted octanol–water partition coefficient (Wildman–Crippen LogP) is -1.52. The molecule has 2 N–H and O–H groups in total. The van der Waals surface area contributed by atoms with Crippen LogP contribution in [0.3, 0.4) is 0 Å². The number of carboxylic acid groups (broad SMARTS) is 1. The van der Waals surface area contributed by atoms with Gasteiger partial charge in [0.05, 0.1) is 0 Å². The van der Waals surface area contributed by atoms with Crippen molar-refractivity contribution in [2.75, 3.05) is 0 Å². The number of aryl methyl sites for hydroxylation is 1. The highest BCUT2D eigenvalue weighted by molar-refractivity contribution is 5.86. The van der Waals surface area contributed by atoms with E-state index in [1.165, 1.54) is 7.05 Å². The molecule has 0 saturated heterocycles. The van der Waals surface area contributed by atoms with E-state index in [0.29, 0.717) is 0 Å². The molecule has 0 aliphatic carbocycles. The lowest BCUT2D eigenvalue weighted by molar-refractivity contribution is 0.0683. The Labute approximate surface area is 71.0 Å². The third-order valence-electron chi connectivity index (χ3n) is 1.46. The van der Waals surface area contributed by atoms with E-state index in [2.05, 4.69) is 0 Å². The van der Waals surface area contributed by atoms with Crippen LogP contribution >= 0.6 is 0 Å². The summed E-state index contributed by atoms with van der Waals surface area (Å²) >= 11 is 0. The summed E-state index contributed by atoms with van der Waals surface area (Å²) in [5.41, 5.74) is -2.89. The topological polar surface area (TPSA) is 102 Å². The molecule has 0 spiro atoms. The normalized spacial score (nSPS) is 9.92. The zero-order chi connectivity index (χ0) is 10.2. The SMILES string of the molecule is Cn1cc(C(=O)O)c(=O)n(O)c1=O. The number of nitrogens with zero attached hydrogens (tertiary/aromatic N) is 2. The van der Waals surface area contributed by atoms with Gasteiger partial charge in [0.25, 0.3) is 0 Å². The van der Waals surface area contributed by atoms with Crippen molar-refractivity contribution < 1.29 is 15.1 Å². The first-order chi connectivity index (χ1) is 5.95. The maximum atomic E-state index is 10.9. The van der Waals surface area contributed by atoms with Crippen LogP contribution in [0.4, 0.5) is 0 Å². The molecule has 70 valence electrons. The van der Waals surface area contributed by atoms with E-state index < -0.39 is 22.8 Å². The van der Waals surface area contributed by atoms with Crippen molar-refractivity contribution in [1.29, 1.82) is 0 Å². The molecule has 0 saturated carbocycles. The lowest BCUT2D eigenvalue weighted by Crippen LogP contribution is -2.40. The predicted molar refractivity (Wildman–Crippen MR) is 40.1 cm³/mol. The Balaban J connectivity index is 3.70. The number of hydrogen-bond acceptors (Lipinski definition) is 4. The zero-order valence-corrected chi connectivity index (χ0v) is 6.59. The maximum Gasteiger partial charge on any atom is 0.364 e. The van der Waals surface area contributed by atoms with Gasteiger partial charge in [0.15, 0.2) is 0 Å². The summed E-state index contributed by atoms with van der Waals surface area (Å²) in [6.45, 7) is 0. The highest BCUT2D eigenvalue weighted by Crippen LogP contribution is 1.85. The van der Waals surface area contributed by atoms with E-state index in [9.17, 15) is 14.4 Å². The second-order valence-corrected chi connectivity index (χ2v) is 2.36. The third-order valence-corrected chi connectivity index (χ3v) is 1.46. The van der Waals surface area contributed by atoms with E-state index in [4.69, 9.17) is 10.3 Å². The average Bonchev–Trinajstić information content (AvgIpc) is 2.07. The van der Waals surface area contributed by atoms with Gasteiger partial charge in [0.2, 0.25) is 0 Å². The van der Waals surface area contributed by atoms with Gasteiger partial charge in [0.1, 0.15) is 5.56 Å². The molecule has 0 radical (unpaired) electrons. The summed E-state index contributed by atoms with van der Waals surface area (Å²) in [6, 6.07) is 0. The van der Waals surface area contributed by atoms with Gasteiger partial charge >= 0.3 is 17.2 Å². The minimum atomic E-state index is -1.50. The molecule has 7 heteroatoms. The number of aromatic carboxylic acids is 1. The number of rotatable bonds is 1. The molecule has 0 fully saturated rings. The molecule has 0 aliphatic rings. The minimum absolute atomic E-state index is 0.247. The van der Waals surface area contributed by atoms with Crippen molar-refractivity contribution in [1.82, 2.24) is 9.30 Å². The highest BCUT2D eigenvalue weighted by Gasteiger charge is 2.14. The van der Waals surface area contributed by atoms with Crippen molar-refractivity contribution in [3.63, 3.8) is 0 Å². The first-order valence-electron chi connectivity index (χ1n) is 3.20. The van der Waals surface area contributed by atoms with Gasteiger partial charge in [-0.3, -0.25) is 4.79 Å². The van der Waals surface area contributed by atoms with Crippen molar-refractivity contribution in [3.8, 4) is 0 Å². The maximum absolute atomic E-state index is 10.9. The Kier molecular flexibility index (Phi) is 1.93. The van der Waals surface area contributed by atoms with Crippen LogP contribution < -0.4 is 11.2 Å². The zero-order valence-electron chi connectivity index (χ0n) is 6.59. The summed E-state index contributed by atoms with van der Waals surface area (Å²) in [7, 11) is 1.22. The molecule has 0 bridgehead atoms. The number of aromatic nitrogens is 2. The number of hydrogen-bond donors (Lipinski definition) is 2. The molecule has 1 rings (SSSR count). The standard InChI is InChI=1S/C6H6N2O5/c1-7-2-3(5(10)11)4(9)8(13)6(7)12/h2,13H,1H3,(H,10,11). The summed E-state index contributed by atoms with van der Waals surface area (Å²) in [6.07, 6.45) is 0.847. The largest absolute Gasteiger partial charge is 0.477 e. The van der Waals surface area contributed by atoms with Gasteiger partial charge < -0.3 is 14.9 Å². The van der Waals surface area contributed by atoms with Gasteiger partial charge in [-0.1, -0.05) is 4.73 Å². The van der Waals surface area contributed by atoms with Gasteiger partial charge in [-0.25, -0.2) is 9.59 Å². The second kappa shape index (κ2) is 2.77. The van der Waals surface area contributed by atoms with Crippen LogP contribution in [-0.2, 0) is 7.05 Å². The van der Waals surface area contributed by atoms with Gasteiger partial charge in [0, 0.05) is 13.2 Å². The van der Waals surface area contributed by atoms with Crippen LogP contribution in [0.1, 0.15) is 10.4 Å². The summed E-state index contributed by atoms with van der Waals surface area (Å²) in [4.78, 5) is 32.1.